The second-order valence-electron chi connectivity index (χ2n) is 7.81. The van der Waals surface area contributed by atoms with Crippen LogP contribution in [0.5, 0.6) is 6.01 Å². The second kappa shape index (κ2) is 6.96. The summed E-state index contributed by atoms with van der Waals surface area (Å²) in [6.45, 7) is 9.76. The fourth-order valence-electron chi connectivity index (χ4n) is 3.82. The van der Waals surface area contributed by atoms with Crippen LogP contribution in [0.25, 0.3) is 0 Å². The van der Waals surface area contributed by atoms with E-state index >= 15 is 0 Å². The maximum atomic E-state index is 6.12. The molecule has 7 nitrogen and oxygen atoms in total. The van der Waals surface area contributed by atoms with Crippen LogP contribution in [-0.4, -0.2) is 56.0 Å². The van der Waals surface area contributed by atoms with Crippen molar-refractivity contribution in [2.24, 2.45) is 0 Å². The minimum Gasteiger partial charge on any atom is -0.460 e. The Morgan fingerprint density at radius 2 is 2.23 bits per heavy atom. The lowest BCUT2D eigenvalue weighted by Crippen LogP contribution is -2.65. The van der Waals surface area contributed by atoms with Crippen molar-refractivity contribution < 1.29 is 9.47 Å². The Kier molecular flexibility index (Phi) is 4.67. The fraction of sp³-hybridized carbons (Fsp3) is 0.632. The van der Waals surface area contributed by atoms with Crippen molar-refractivity contribution in [3.63, 3.8) is 0 Å². The summed E-state index contributed by atoms with van der Waals surface area (Å²) < 4.78 is 14.1. The predicted octanol–water partition coefficient (Wildman–Crippen LogP) is 2.37. The largest absolute Gasteiger partial charge is 0.460 e. The molecule has 0 saturated carbocycles. The maximum Gasteiger partial charge on any atom is 0.316 e. The molecule has 2 aliphatic heterocycles. The van der Waals surface area contributed by atoms with Gasteiger partial charge in [-0.15, -0.1) is 0 Å². The topological polar surface area (TPSA) is 65.3 Å². The summed E-state index contributed by atoms with van der Waals surface area (Å²) in [6, 6.07) is 2.75. The van der Waals surface area contributed by atoms with Gasteiger partial charge in [-0.25, -0.2) is 9.97 Å². The lowest BCUT2D eigenvalue weighted by molar-refractivity contribution is -0.188. The van der Waals surface area contributed by atoms with Gasteiger partial charge in [0.1, 0.15) is 6.10 Å². The molecular formula is C19H27N5O2. The molecule has 2 aromatic rings. The summed E-state index contributed by atoms with van der Waals surface area (Å²) in [7, 11) is 0. The normalized spacial score (nSPS) is 22.5. The highest BCUT2D eigenvalue weighted by atomic mass is 16.5. The molecule has 0 radical (unpaired) electrons. The van der Waals surface area contributed by atoms with Crippen LogP contribution < -0.4 is 4.74 Å². The molecule has 2 fully saturated rings. The minimum absolute atomic E-state index is 0.0826. The Hall–Kier alpha value is -1.99. The maximum absolute atomic E-state index is 6.12. The first-order valence-corrected chi connectivity index (χ1v) is 9.37. The van der Waals surface area contributed by atoms with E-state index in [0.29, 0.717) is 12.1 Å². The van der Waals surface area contributed by atoms with Gasteiger partial charge in [0.2, 0.25) is 0 Å². The monoisotopic (exact) mass is 357 g/mol. The van der Waals surface area contributed by atoms with Crippen LogP contribution in [-0.2, 0) is 11.3 Å². The molecule has 0 bridgehead atoms. The number of rotatable bonds is 5. The number of hydrogen-bond donors (Lipinski definition) is 0. The van der Waals surface area contributed by atoms with E-state index in [1.807, 2.05) is 23.9 Å². The predicted molar refractivity (Wildman–Crippen MR) is 97.0 cm³/mol. The van der Waals surface area contributed by atoms with E-state index in [4.69, 9.17) is 9.47 Å². The Balaban J connectivity index is 1.31. The van der Waals surface area contributed by atoms with E-state index < -0.39 is 0 Å². The van der Waals surface area contributed by atoms with Crippen LogP contribution >= 0.6 is 0 Å². The van der Waals surface area contributed by atoms with Crippen LogP contribution in [0.15, 0.2) is 24.7 Å². The summed E-state index contributed by atoms with van der Waals surface area (Å²) in [5.74, 6) is 0. The van der Waals surface area contributed by atoms with Gasteiger partial charge < -0.3 is 9.47 Å². The number of ether oxygens (including phenoxy) is 2. The zero-order valence-corrected chi connectivity index (χ0v) is 15.8. The van der Waals surface area contributed by atoms with Gasteiger partial charge in [0, 0.05) is 62.2 Å². The van der Waals surface area contributed by atoms with Crippen LogP contribution in [0.1, 0.15) is 44.0 Å². The van der Waals surface area contributed by atoms with E-state index in [9.17, 15) is 0 Å². The van der Waals surface area contributed by atoms with Crippen molar-refractivity contribution in [1.82, 2.24) is 24.6 Å². The number of aryl methyl sites for hydroxylation is 1. The van der Waals surface area contributed by atoms with Gasteiger partial charge in [-0.3, -0.25) is 9.58 Å². The number of nitrogens with zero attached hydrogens (tertiary/aromatic N) is 5. The third kappa shape index (κ3) is 3.73. The summed E-state index contributed by atoms with van der Waals surface area (Å²) in [4.78, 5) is 11.0. The molecule has 2 aliphatic rings. The zero-order valence-electron chi connectivity index (χ0n) is 15.8. The molecule has 2 aromatic heterocycles. The van der Waals surface area contributed by atoms with Gasteiger partial charge in [0.15, 0.2) is 0 Å². The first-order valence-electron chi connectivity index (χ1n) is 9.37. The number of aromatic nitrogens is 4. The highest BCUT2D eigenvalue weighted by molar-refractivity contribution is 5.09. The summed E-state index contributed by atoms with van der Waals surface area (Å²) in [6.07, 6.45) is 7.75. The molecule has 0 N–H and O–H groups in total. The molecule has 1 spiro atoms. The molecular weight excluding hydrogens is 330 g/mol. The molecule has 4 heterocycles. The molecule has 2 saturated heterocycles. The van der Waals surface area contributed by atoms with Crippen LogP contribution in [0, 0.1) is 6.92 Å². The fourth-order valence-corrected chi connectivity index (χ4v) is 3.82. The smallest absolute Gasteiger partial charge is 0.316 e. The average Bonchev–Trinajstić information content (AvgIpc) is 3.03. The lowest BCUT2D eigenvalue weighted by atomic mass is 9.84. The van der Waals surface area contributed by atoms with Crippen molar-refractivity contribution in [3.8, 4) is 6.01 Å². The van der Waals surface area contributed by atoms with Crippen LogP contribution in [0.3, 0.4) is 0 Å². The van der Waals surface area contributed by atoms with Crippen molar-refractivity contribution in [2.45, 2.75) is 57.9 Å². The van der Waals surface area contributed by atoms with E-state index in [0.717, 1.165) is 44.8 Å². The van der Waals surface area contributed by atoms with Crippen LogP contribution in [0.4, 0.5) is 0 Å². The van der Waals surface area contributed by atoms with Gasteiger partial charge in [-0.05, 0) is 26.8 Å². The molecule has 0 aromatic carbocycles. The summed E-state index contributed by atoms with van der Waals surface area (Å²) >= 11 is 0. The van der Waals surface area contributed by atoms with E-state index in [-0.39, 0.29) is 11.7 Å². The van der Waals surface area contributed by atoms with Gasteiger partial charge in [-0.1, -0.05) is 0 Å². The Morgan fingerprint density at radius 1 is 1.38 bits per heavy atom. The van der Waals surface area contributed by atoms with Crippen molar-refractivity contribution in [1.29, 1.82) is 0 Å². The standard InChI is InChI=1S/C19H27N5O2/c1-14(2)24-11-16(9-21-24)10-23-12-19(13-23)8-17(5-7-25-19)26-18-20-6-4-15(3)22-18/h4,6,9,11,14,17H,5,7-8,10,12-13H2,1-3H3/t17-/m0/s1. The quantitative estimate of drug-likeness (QED) is 0.819. The first kappa shape index (κ1) is 17.4. The van der Waals surface area contributed by atoms with Gasteiger partial charge in [0.25, 0.3) is 0 Å². The van der Waals surface area contributed by atoms with Crippen LogP contribution in [0.2, 0.25) is 0 Å². The van der Waals surface area contributed by atoms with Crippen molar-refractivity contribution >= 4 is 0 Å². The van der Waals surface area contributed by atoms with Gasteiger partial charge in [-0.2, -0.15) is 5.10 Å². The highest BCUT2D eigenvalue weighted by Gasteiger charge is 2.48. The molecule has 1 atom stereocenters. The van der Waals surface area contributed by atoms with Gasteiger partial charge in [0.05, 0.1) is 18.4 Å². The molecule has 7 heteroatoms. The third-order valence-corrected chi connectivity index (χ3v) is 5.11. The summed E-state index contributed by atoms with van der Waals surface area (Å²) in [5, 5.41) is 4.42. The lowest BCUT2D eigenvalue weighted by Gasteiger charge is -2.52. The first-order chi connectivity index (χ1) is 12.5. The highest BCUT2D eigenvalue weighted by Crippen LogP contribution is 2.36. The number of likely N-dealkylation sites (tertiary alicyclic amines) is 1. The Labute approximate surface area is 154 Å². The molecule has 0 unspecified atom stereocenters. The van der Waals surface area contributed by atoms with E-state index in [2.05, 4.69) is 40.0 Å². The SMILES string of the molecule is Cc1ccnc(O[C@H]2CCOC3(C2)CN(Cc2cnn(C(C)C)c2)C3)n1. The Bertz CT molecular complexity index is 754. The second-order valence-corrected chi connectivity index (χ2v) is 7.81. The van der Waals surface area contributed by atoms with Crippen molar-refractivity contribution in [2.75, 3.05) is 19.7 Å². The van der Waals surface area contributed by atoms with E-state index in [1.54, 1.807) is 6.20 Å². The Morgan fingerprint density at radius 3 is 2.96 bits per heavy atom. The average molecular weight is 357 g/mol. The minimum atomic E-state index is -0.0826. The summed E-state index contributed by atoms with van der Waals surface area (Å²) in [5.41, 5.74) is 2.10. The number of hydrogen-bond acceptors (Lipinski definition) is 6. The zero-order chi connectivity index (χ0) is 18.1. The molecule has 0 amide bonds. The third-order valence-electron chi connectivity index (χ3n) is 5.11. The molecule has 4 rings (SSSR count). The molecule has 0 aliphatic carbocycles. The molecule has 26 heavy (non-hydrogen) atoms. The van der Waals surface area contributed by atoms with Gasteiger partial charge >= 0.3 is 6.01 Å². The van der Waals surface area contributed by atoms with Crippen molar-refractivity contribution in [3.05, 3.63) is 35.9 Å². The van der Waals surface area contributed by atoms with E-state index in [1.165, 1.54) is 5.56 Å². The molecule has 140 valence electrons.